The van der Waals surface area contributed by atoms with E-state index in [4.69, 9.17) is 14.2 Å². The van der Waals surface area contributed by atoms with Gasteiger partial charge in [-0.2, -0.15) is 0 Å². The van der Waals surface area contributed by atoms with Crippen LogP contribution in [0.3, 0.4) is 0 Å². The Morgan fingerprint density at radius 1 is 1.00 bits per heavy atom. The van der Waals surface area contributed by atoms with E-state index >= 15 is 0 Å². The lowest BCUT2D eigenvalue weighted by Crippen LogP contribution is -2.53. The van der Waals surface area contributed by atoms with E-state index in [1.165, 1.54) is 38.5 Å². The van der Waals surface area contributed by atoms with Gasteiger partial charge < -0.3 is 14.2 Å². The van der Waals surface area contributed by atoms with Crippen LogP contribution in [0.2, 0.25) is 0 Å². The van der Waals surface area contributed by atoms with Crippen molar-refractivity contribution in [3.63, 3.8) is 0 Å². The molecule has 3 rings (SSSR count). The van der Waals surface area contributed by atoms with Crippen molar-refractivity contribution in [3.8, 4) is 0 Å². The highest BCUT2D eigenvalue weighted by atomic mass is 19.1. The van der Waals surface area contributed by atoms with Gasteiger partial charge in [0, 0.05) is 24.3 Å². The topological polar surface area (TPSA) is 78.9 Å². The first-order valence-electron chi connectivity index (χ1n) is 9.95. The van der Waals surface area contributed by atoms with Gasteiger partial charge in [0.25, 0.3) is 0 Å². The smallest absolute Gasteiger partial charge is 0.323 e. The van der Waals surface area contributed by atoms with E-state index in [2.05, 4.69) is 0 Å². The highest BCUT2D eigenvalue weighted by molar-refractivity contribution is 6.02. The molecule has 2 aromatic rings. The standard InChI is InChI=1S/C24H25FO6/c1-15-4-6-17(7-5-15)21-13-24(22(27)29-2,23(28)30-3)18(14-31-21)12-20(26)16-8-10-19(25)11-9-16/h4-11,18,21H,12-14H2,1-3H3/t18-,21-/m0/s1. The summed E-state index contributed by atoms with van der Waals surface area (Å²) in [5.41, 5.74) is 0.457. The van der Waals surface area contributed by atoms with Gasteiger partial charge in [-0.05, 0) is 36.8 Å². The maximum Gasteiger partial charge on any atom is 0.323 e. The van der Waals surface area contributed by atoms with Gasteiger partial charge in [0.1, 0.15) is 5.82 Å². The number of hydrogen-bond acceptors (Lipinski definition) is 6. The molecule has 1 heterocycles. The largest absolute Gasteiger partial charge is 0.468 e. The summed E-state index contributed by atoms with van der Waals surface area (Å²) >= 11 is 0. The first-order chi connectivity index (χ1) is 14.8. The summed E-state index contributed by atoms with van der Waals surface area (Å²) in [5.74, 6) is -3.13. The number of hydrogen-bond donors (Lipinski definition) is 0. The monoisotopic (exact) mass is 428 g/mol. The number of ketones is 1. The fraction of sp³-hybridized carbons (Fsp3) is 0.375. The zero-order chi connectivity index (χ0) is 22.6. The van der Waals surface area contributed by atoms with Crippen LogP contribution in [0.5, 0.6) is 0 Å². The summed E-state index contributed by atoms with van der Waals surface area (Å²) in [6.45, 7) is 1.94. The number of carbonyl (C=O) groups is 3. The lowest BCUT2D eigenvalue weighted by atomic mass is 9.67. The molecule has 0 spiro atoms. The first kappa shape index (κ1) is 22.6. The third-order valence-electron chi connectivity index (χ3n) is 5.85. The molecule has 0 N–H and O–H groups in total. The Morgan fingerprint density at radius 3 is 2.13 bits per heavy atom. The Kier molecular flexibility index (Phi) is 6.85. The van der Waals surface area contributed by atoms with Crippen molar-refractivity contribution in [1.29, 1.82) is 0 Å². The summed E-state index contributed by atoms with van der Waals surface area (Å²) in [7, 11) is 2.39. The lowest BCUT2D eigenvalue weighted by molar-refractivity contribution is -0.189. The molecule has 2 aromatic carbocycles. The molecular weight excluding hydrogens is 403 g/mol. The average molecular weight is 428 g/mol. The molecule has 7 heteroatoms. The molecule has 6 nitrogen and oxygen atoms in total. The van der Waals surface area contributed by atoms with Crippen LogP contribution >= 0.6 is 0 Å². The fourth-order valence-electron chi connectivity index (χ4n) is 4.05. The van der Waals surface area contributed by atoms with Crippen LogP contribution in [-0.4, -0.2) is 38.5 Å². The highest BCUT2D eigenvalue weighted by Gasteiger charge is 2.58. The molecule has 0 saturated carbocycles. The molecule has 164 valence electrons. The molecule has 1 aliphatic heterocycles. The van der Waals surface area contributed by atoms with Crippen LogP contribution in [0.15, 0.2) is 48.5 Å². The number of aryl methyl sites for hydroxylation is 1. The number of Topliss-reactive ketones (excluding diaryl/α,β-unsaturated/α-hetero) is 1. The van der Waals surface area contributed by atoms with E-state index < -0.39 is 35.2 Å². The van der Waals surface area contributed by atoms with Crippen molar-refractivity contribution in [2.24, 2.45) is 11.3 Å². The summed E-state index contributed by atoms with van der Waals surface area (Å²) in [6.07, 6.45) is -0.719. The van der Waals surface area contributed by atoms with Crippen LogP contribution in [-0.2, 0) is 23.8 Å². The van der Waals surface area contributed by atoms with Crippen molar-refractivity contribution in [2.75, 3.05) is 20.8 Å². The minimum atomic E-state index is -1.70. The summed E-state index contributed by atoms with van der Waals surface area (Å²) < 4.78 is 29.2. The van der Waals surface area contributed by atoms with Crippen LogP contribution < -0.4 is 0 Å². The van der Waals surface area contributed by atoms with E-state index in [-0.39, 0.29) is 30.8 Å². The molecule has 1 aliphatic rings. The van der Waals surface area contributed by atoms with E-state index in [9.17, 15) is 18.8 Å². The summed E-state index contributed by atoms with van der Waals surface area (Å²) in [4.78, 5) is 38.7. The van der Waals surface area contributed by atoms with E-state index in [0.717, 1.165) is 11.1 Å². The normalized spacial score (nSPS) is 20.0. The molecule has 0 aliphatic carbocycles. The molecule has 0 aromatic heterocycles. The van der Waals surface area contributed by atoms with Gasteiger partial charge in [-0.15, -0.1) is 0 Å². The van der Waals surface area contributed by atoms with E-state index in [1.54, 1.807) is 0 Å². The number of rotatable bonds is 6. The third-order valence-corrected chi connectivity index (χ3v) is 5.85. The Morgan fingerprint density at radius 2 is 1.58 bits per heavy atom. The third kappa shape index (κ3) is 4.51. The molecule has 0 bridgehead atoms. The maximum atomic E-state index is 13.2. The summed E-state index contributed by atoms with van der Waals surface area (Å²) in [5, 5.41) is 0. The lowest BCUT2D eigenvalue weighted by Gasteiger charge is -2.42. The number of esters is 2. The predicted octanol–water partition coefficient (Wildman–Crippen LogP) is 3.82. The Bertz CT molecular complexity index is 935. The SMILES string of the molecule is COC(=O)C1(C(=O)OC)C[C@@H](c2ccc(C)cc2)OC[C@@H]1CC(=O)c1ccc(F)cc1. The minimum absolute atomic E-state index is 0.0171. The highest BCUT2D eigenvalue weighted by Crippen LogP contribution is 2.47. The van der Waals surface area contributed by atoms with Crippen LogP contribution in [0, 0.1) is 24.1 Å². The number of carbonyl (C=O) groups excluding carboxylic acids is 3. The van der Waals surface area contributed by atoms with E-state index in [1.807, 2.05) is 31.2 Å². The van der Waals surface area contributed by atoms with Crippen molar-refractivity contribution in [2.45, 2.75) is 25.9 Å². The Labute approximate surface area is 180 Å². The van der Waals surface area contributed by atoms with Crippen molar-refractivity contribution in [1.82, 2.24) is 0 Å². The van der Waals surface area contributed by atoms with Gasteiger partial charge in [-0.25, -0.2) is 4.39 Å². The second-order valence-electron chi connectivity index (χ2n) is 7.72. The van der Waals surface area contributed by atoms with Gasteiger partial charge in [0.2, 0.25) is 0 Å². The van der Waals surface area contributed by atoms with Crippen molar-refractivity contribution < 1.29 is 33.0 Å². The summed E-state index contributed by atoms with van der Waals surface area (Å²) in [6, 6.07) is 12.7. The van der Waals surface area contributed by atoms with Crippen molar-refractivity contribution >= 4 is 17.7 Å². The second-order valence-corrected chi connectivity index (χ2v) is 7.72. The molecule has 0 radical (unpaired) electrons. The molecule has 2 atom stereocenters. The molecule has 31 heavy (non-hydrogen) atoms. The number of ether oxygens (including phenoxy) is 3. The van der Waals surface area contributed by atoms with Gasteiger partial charge in [0.05, 0.1) is 26.9 Å². The molecule has 0 unspecified atom stereocenters. The number of halogens is 1. The fourth-order valence-corrected chi connectivity index (χ4v) is 4.05. The van der Waals surface area contributed by atoms with Gasteiger partial charge in [-0.3, -0.25) is 14.4 Å². The number of methoxy groups -OCH3 is 2. The Hall–Kier alpha value is -3.06. The molecular formula is C24H25FO6. The van der Waals surface area contributed by atoms with Gasteiger partial charge >= 0.3 is 11.9 Å². The predicted molar refractivity (Wildman–Crippen MR) is 110 cm³/mol. The average Bonchev–Trinajstić information content (AvgIpc) is 2.79. The molecule has 0 amide bonds. The van der Waals surface area contributed by atoms with E-state index in [0.29, 0.717) is 0 Å². The van der Waals surface area contributed by atoms with Crippen molar-refractivity contribution in [3.05, 3.63) is 71.0 Å². The quantitative estimate of drug-likeness (QED) is 0.395. The molecule has 1 fully saturated rings. The Balaban J connectivity index is 1.95. The minimum Gasteiger partial charge on any atom is -0.468 e. The van der Waals surface area contributed by atoms with Gasteiger partial charge in [0.15, 0.2) is 11.2 Å². The second kappa shape index (κ2) is 9.39. The zero-order valence-electron chi connectivity index (χ0n) is 17.7. The first-order valence-corrected chi connectivity index (χ1v) is 9.95. The number of benzene rings is 2. The maximum absolute atomic E-state index is 13.2. The zero-order valence-corrected chi connectivity index (χ0v) is 17.7. The van der Waals surface area contributed by atoms with Crippen LogP contribution in [0.1, 0.15) is 40.4 Å². The molecule has 1 saturated heterocycles. The van der Waals surface area contributed by atoms with Crippen LogP contribution in [0.25, 0.3) is 0 Å². The van der Waals surface area contributed by atoms with Gasteiger partial charge in [-0.1, -0.05) is 29.8 Å². The van der Waals surface area contributed by atoms with Crippen LogP contribution in [0.4, 0.5) is 4.39 Å².